The Hall–Kier alpha value is -3.29. The van der Waals surface area contributed by atoms with Gasteiger partial charge in [0.25, 0.3) is 0 Å². The summed E-state index contributed by atoms with van der Waals surface area (Å²) in [5, 5.41) is 8.44. The van der Waals surface area contributed by atoms with Crippen molar-refractivity contribution in [2.45, 2.75) is 6.92 Å². The van der Waals surface area contributed by atoms with E-state index >= 15 is 0 Å². The Balaban J connectivity index is 0.00000323. The van der Waals surface area contributed by atoms with Crippen LogP contribution in [0.3, 0.4) is 0 Å². The van der Waals surface area contributed by atoms with Gasteiger partial charge in [-0.1, -0.05) is 12.6 Å². The summed E-state index contributed by atoms with van der Waals surface area (Å²) in [7, 11) is 1.71. The van der Waals surface area contributed by atoms with Gasteiger partial charge in [-0.3, -0.25) is 4.79 Å². The number of aliphatic imine (C=N–C) groups is 1. The molecule has 2 fully saturated rings. The van der Waals surface area contributed by atoms with Gasteiger partial charge < -0.3 is 25.6 Å². The number of anilines is 1. The Morgan fingerprint density at radius 2 is 1.98 bits per heavy atom. The Bertz CT molecular complexity index is 1620. The fourth-order valence-electron chi connectivity index (χ4n) is 5.16. The normalized spacial score (nSPS) is 15.7. The molecule has 5 heterocycles. The molecule has 2 saturated heterocycles. The third-order valence-corrected chi connectivity index (χ3v) is 7.15. The minimum Gasteiger partial charge on any atom is -0.685 e. The van der Waals surface area contributed by atoms with Crippen molar-refractivity contribution >= 4 is 34.6 Å². The number of aromatic nitrogens is 4. The van der Waals surface area contributed by atoms with Gasteiger partial charge in [-0.2, -0.15) is 5.10 Å². The van der Waals surface area contributed by atoms with Crippen molar-refractivity contribution in [1.29, 1.82) is 0 Å². The SMILES string of the molecule is C=CC(=O)N1CC2(C1)CN(c1ccc([N-]C)c(C(N)=Nc3ccc(Oc4ccn5ncnc5c4)c(C)c3)n1)C2.[K+]. The largest absolute Gasteiger partial charge is 1.00 e. The molecule has 1 aromatic carbocycles. The number of nitrogens with two attached hydrogens (primary N) is 1. The van der Waals surface area contributed by atoms with Gasteiger partial charge in [0.2, 0.25) is 5.91 Å². The molecule has 4 aromatic rings. The van der Waals surface area contributed by atoms with Crippen molar-refractivity contribution in [1.82, 2.24) is 24.5 Å². The monoisotopic (exact) mass is 561 g/mol. The fourth-order valence-corrected chi connectivity index (χ4v) is 5.16. The first-order valence-corrected chi connectivity index (χ1v) is 12.6. The number of pyridine rings is 2. The van der Waals surface area contributed by atoms with Crippen LogP contribution in [0.4, 0.5) is 17.2 Å². The van der Waals surface area contributed by atoms with E-state index in [1.165, 1.54) is 12.4 Å². The summed E-state index contributed by atoms with van der Waals surface area (Å²) in [6.07, 6.45) is 4.67. The number of amidine groups is 1. The average molecular weight is 562 g/mol. The zero-order valence-electron chi connectivity index (χ0n) is 22.8. The van der Waals surface area contributed by atoms with Crippen molar-refractivity contribution in [2.75, 3.05) is 38.1 Å². The average Bonchev–Trinajstić information content (AvgIpc) is 3.36. The topological polar surface area (TPSA) is 128 Å². The first-order valence-electron chi connectivity index (χ1n) is 12.6. The van der Waals surface area contributed by atoms with Gasteiger partial charge in [-0.15, -0.1) is 12.7 Å². The number of carbonyl (C=O) groups excluding carboxylic acids is 1. The van der Waals surface area contributed by atoms with Crippen LogP contribution in [-0.4, -0.2) is 69.5 Å². The van der Waals surface area contributed by atoms with Crippen LogP contribution in [0.5, 0.6) is 11.5 Å². The zero-order chi connectivity index (χ0) is 27.1. The number of fused-ring (bicyclic) bond motifs is 1. The van der Waals surface area contributed by atoms with E-state index in [0.29, 0.717) is 34.2 Å². The van der Waals surface area contributed by atoms with Crippen molar-refractivity contribution in [3.8, 4) is 11.5 Å². The number of aryl methyl sites for hydroxylation is 1. The van der Waals surface area contributed by atoms with E-state index in [9.17, 15) is 4.79 Å². The number of benzene rings is 1. The summed E-state index contributed by atoms with van der Waals surface area (Å²) < 4.78 is 7.74. The van der Waals surface area contributed by atoms with Gasteiger partial charge >= 0.3 is 51.4 Å². The molecule has 2 aliphatic rings. The maximum atomic E-state index is 11.8. The number of nitrogens with zero attached hydrogens (tertiary/aromatic N) is 8. The number of carbonyl (C=O) groups is 1. The molecule has 40 heavy (non-hydrogen) atoms. The molecule has 0 atom stereocenters. The van der Waals surface area contributed by atoms with Gasteiger partial charge in [0.1, 0.15) is 29.5 Å². The van der Waals surface area contributed by atoms with E-state index in [-0.39, 0.29) is 68.5 Å². The number of hydrogen-bond acceptors (Lipinski definition) is 7. The molecule has 0 unspecified atom stereocenters. The maximum absolute atomic E-state index is 11.8. The number of hydrogen-bond donors (Lipinski definition) is 1. The van der Waals surface area contributed by atoms with Crippen LogP contribution in [0.1, 0.15) is 11.3 Å². The summed E-state index contributed by atoms with van der Waals surface area (Å²) in [4.78, 5) is 29.5. The summed E-state index contributed by atoms with van der Waals surface area (Å²) in [6, 6.07) is 13.1. The van der Waals surface area contributed by atoms with E-state index < -0.39 is 0 Å². The first-order chi connectivity index (χ1) is 18.9. The summed E-state index contributed by atoms with van der Waals surface area (Å²) in [5.74, 6) is 2.46. The smallest absolute Gasteiger partial charge is 0.685 e. The third kappa shape index (κ3) is 5.37. The summed E-state index contributed by atoms with van der Waals surface area (Å²) in [6.45, 7) is 8.70. The van der Waals surface area contributed by atoms with Crippen LogP contribution < -0.4 is 66.8 Å². The Morgan fingerprint density at radius 3 is 2.70 bits per heavy atom. The minimum absolute atomic E-state index is 0. The van der Waals surface area contributed by atoms with Crippen molar-refractivity contribution in [3.05, 3.63) is 84.2 Å². The molecule has 0 saturated carbocycles. The molecule has 1 spiro atoms. The van der Waals surface area contributed by atoms with Crippen molar-refractivity contribution in [2.24, 2.45) is 16.1 Å². The van der Waals surface area contributed by atoms with E-state index in [2.05, 4.69) is 31.9 Å². The van der Waals surface area contributed by atoms with Gasteiger partial charge in [0, 0.05) is 43.9 Å². The fraction of sp³-hybridized carbons (Fsp3) is 0.250. The van der Waals surface area contributed by atoms with E-state index in [4.69, 9.17) is 15.5 Å². The molecular formula is C28H28KN9O2. The molecule has 198 valence electrons. The van der Waals surface area contributed by atoms with Gasteiger partial charge in [0.15, 0.2) is 5.65 Å². The number of ether oxygens (including phenoxy) is 1. The van der Waals surface area contributed by atoms with Crippen LogP contribution in [0.25, 0.3) is 11.0 Å². The number of rotatable bonds is 7. The van der Waals surface area contributed by atoms with E-state index in [1.54, 1.807) is 17.8 Å². The Morgan fingerprint density at radius 1 is 1.18 bits per heavy atom. The van der Waals surface area contributed by atoms with Crippen LogP contribution in [0, 0.1) is 12.3 Å². The standard InChI is InChI=1S/C28H28N9O2.K/c1-4-25(38)36-15-28(16-36)13-35(14-28)23-8-6-21(30-3)26(34-23)27(29)33-19-5-7-22(18(2)11-19)39-20-9-10-37-24(12-20)31-17-32-37;/h4-12,17H,1,13-16H2,2-3H3,(H2-,29,30,33);/q-1;+1. The predicted octanol–water partition coefficient (Wildman–Crippen LogP) is 0.736. The molecule has 1 amide bonds. The molecule has 0 bridgehead atoms. The second-order valence-corrected chi connectivity index (χ2v) is 9.99. The second-order valence-electron chi connectivity index (χ2n) is 9.99. The Labute approximate surface area is 274 Å². The molecule has 0 radical (unpaired) electrons. The van der Waals surface area contributed by atoms with Crippen LogP contribution >= 0.6 is 0 Å². The molecule has 3 aromatic heterocycles. The summed E-state index contributed by atoms with van der Waals surface area (Å²) in [5.41, 5.74) is 10.1. The molecular weight excluding hydrogens is 533 g/mol. The predicted molar refractivity (Wildman–Crippen MR) is 149 cm³/mol. The zero-order valence-corrected chi connectivity index (χ0v) is 25.9. The maximum Gasteiger partial charge on any atom is 1.00 e. The van der Waals surface area contributed by atoms with Crippen LogP contribution in [-0.2, 0) is 4.79 Å². The van der Waals surface area contributed by atoms with Crippen LogP contribution in [0.2, 0.25) is 0 Å². The Kier molecular flexibility index (Phi) is 7.98. The molecule has 11 nitrogen and oxygen atoms in total. The van der Waals surface area contributed by atoms with E-state index in [0.717, 1.165) is 37.6 Å². The van der Waals surface area contributed by atoms with Crippen molar-refractivity contribution in [3.63, 3.8) is 0 Å². The number of likely N-dealkylation sites (tertiary alicyclic amines) is 1. The van der Waals surface area contributed by atoms with Gasteiger partial charge in [0.05, 0.1) is 11.4 Å². The molecule has 12 heteroatoms. The molecule has 2 aliphatic heterocycles. The third-order valence-electron chi connectivity index (χ3n) is 7.15. The van der Waals surface area contributed by atoms with Gasteiger partial charge in [-0.05, 0) is 48.9 Å². The second kappa shape index (κ2) is 11.3. The quantitative estimate of drug-likeness (QED) is 0.153. The van der Waals surface area contributed by atoms with Gasteiger partial charge in [-0.25, -0.2) is 19.5 Å². The molecule has 6 rings (SSSR count). The van der Waals surface area contributed by atoms with Crippen molar-refractivity contribution < 1.29 is 60.9 Å². The molecule has 0 aliphatic carbocycles. The summed E-state index contributed by atoms with van der Waals surface area (Å²) >= 11 is 0. The minimum atomic E-state index is -0.0133. The van der Waals surface area contributed by atoms with E-state index in [1.807, 2.05) is 54.3 Å². The first kappa shape index (κ1) is 28.2. The molecule has 2 N–H and O–H groups in total. The van der Waals surface area contributed by atoms with Crippen LogP contribution in [0.15, 0.2) is 72.6 Å². The number of amides is 1.